The predicted octanol–water partition coefficient (Wildman–Crippen LogP) is -0.404. The highest BCUT2D eigenvalue weighted by Gasteiger charge is 2.21. The average Bonchev–Trinajstić information content (AvgIpc) is 2.29. The number of nitrogens with zero attached hydrogens (tertiary/aromatic N) is 1. The minimum Gasteiger partial charge on any atom is -0.372 e. The zero-order valence-electron chi connectivity index (χ0n) is 6.01. The molecule has 10 heavy (non-hydrogen) atoms. The number of nitrogens with one attached hydrogen (secondary N) is 2. The molecule has 0 radical (unpaired) electrons. The van der Waals surface area contributed by atoms with Crippen LogP contribution in [-0.4, -0.2) is 32.0 Å². The fourth-order valence-electron chi connectivity index (χ4n) is 1.45. The summed E-state index contributed by atoms with van der Waals surface area (Å²) in [6.45, 7) is 3.40. The lowest BCUT2D eigenvalue weighted by Crippen LogP contribution is -2.45. The quantitative estimate of drug-likeness (QED) is 0.546. The van der Waals surface area contributed by atoms with Crippen molar-refractivity contribution in [1.82, 2.24) is 10.6 Å². The molecular formula is C7H13N3. The van der Waals surface area contributed by atoms with Crippen molar-refractivity contribution in [3.8, 4) is 0 Å². The Morgan fingerprint density at radius 3 is 2.90 bits per heavy atom. The first-order valence-corrected chi connectivity index (χ1v) is 3.90. The van der Waals surface area contributed by atoms with E-state index in [0.717, 1.165) is 12.5 Å². The van der Waals surface area contributed by atoms with Crippen LogP contribution < -0.4 is 10.6 Å². The molecule has 0 aromatic heterocycles. The minimum atomic E-state index is 0.632. The molecule has 1 unspecified atom stereocenters. The molecule has 3 nitrogen and oxygen atoms in total. The Balaban J connectivity index is 1.69. The van der Waals surface area contributed by atoms with Gasteiger partial charge in [0.1, 0.15) is 0 Å². The van der Waals surface area contributed by atoms with E-state index in [1.54, 1.807) is 0 Å². The molecule has 1 saturated heterocycles. The second-order valence-electron chi connectivity index (χ2n) is 3.12. The summed E-state index contributed by atoms with van der Waals surface area (Å²) < 4.78 is 0. The first-order chi connectivity index (χ1) is 4.95. The molecule has 2 heterocycles. The summed E-state index contributed by atoms with van der Waals surface area (Å²) in [5, 5.41) is 6.50. The van der Waals surface area contributed by atoms with Gasteiger partial charge in [-0.3, -0.25) is 4.99 Å². The van der Waals surface area contributed by atoms with Gasteiger partial charge in [0.05, 0.1) is 12.9 Å². The number of rotatable bonds is 2. The summed E-state index contributed by atoms with van der Waals surface area (Å²) in [6.07, 6.45) is 3.11. The Morgan fingerprint density at radius 2 is 2.40 bits per heavy atom. The van der Waals surface area contributed by atoms with Gasteiger partial charge in [0.25, 0.3) is 0 Å². The largest absolute Gasteiger partial charge is 0.372 e. The molecule has 0 aliphatic carbocycles. The highest BCUT2D eigenvalue weighted by atomic mass is 15.1. The van der Waals surface area contributed by atoms with Gasteiger partial charge in [-0.1, -0.05) is 0 Å². The summed E-state index contributed by atoms with van der Waals surface area (Å²) in [7, 11) is 0. The average molecular weight is 139 g/mol. The van der Waals surface area contributed by atoms with Crippen LogP contribution in [0.2, 0.25) is 0 Å². The number of hydrogen-bond donors (Lipinski definition) is 2. The van der Waals surface area contributed by atoms with Crippen LogP contribution in [0.4, 0.5) is 0 Å². The topological polar surface area (TPSA) is 36.4 Å². The van der Waals surface area contributed by atoms with Crippen LogP contribution in [0.25, 0.3) is 0 Å². The standard InChI is InChI=1S/C7H13N3/c1(6-2-8-3-6)7-4-9-5-10-7/h5-8H,1-4H2,(H,9,10). The minimum absolute atomic E-state index is 0.632. The molecule has 3 heteroatoms. The summed E-state index contributed by atoms with van der Waals surface area (Å²) in [5.74, 6) is 0.902. The Hall–Kier alpha value is -0.570. The van der Waals surface area contributed by atoms with Crippen molar-refractivity contribution in [2.24, 2.45) is 10.9 Å². The van der Waals surface area contributed by atoms with Crippen molar-refractivity contribution in [2.45, 2.75) is 12.5 Å². The van der Waals surface area contributed by atoms with E-state index in [0.29, 0.717) is 6.04 Å². The summed E-state index contributed by atoms with van der Waals surface area (Å²) in [6, 6.07) is 0.632. The fourth-order valence-corrected chi connectivity index (χ4v) is 1.45. The monoisotopic (exact) mass is 139 g/mol. The predicted molar refractivity (Wildman–Crippen MR) is 41.3 cm³/mol. The van der Waals surface area contributed by atoms with Crippen molar-refractivity contribution in [3.63, 3.8) is 0 Å². The molecule has 56 valence electrons. The molecule has 2 aliphatic heterocycles. The molecule has 0 amide bonds. The van der Waals surface area contributed by atoms with E-state index in [-0.39, 0.29) is 0 Å². The first kappa shape index (κ1) is 6.16. The maximum absolute atomic E-state index is 4.12. The van der Waals surface area contributed by atoms with Gasteiger partial charge >= 0.3 is 0 Å². The maximum atomic E-state index is 4.12. The van der Waals surface area contributed by atoms with E-state index in [1.807, 2.05) is 6.34 Å². The normalized spacial score (nSPS) is 31.8. The second-order valence-corrected chi connectivity index (χ2v) is 3.12. The van der Waals surface area contributed by atoms with E-state index < -0.39 is 0 Å². The van der Waals surface area contributed by atoms with Gasteiger partial charge in [0, 0.05) is 6.04 Å². The number of hydrogen-bond acceptors (Lipinski definition) is 3. The van der Waals surface area contributed by atoms with Gasteiger partial charge in [-0.25, -0.2) is 0 Å². The van der Waals surface area contributed by atoms with E-state index in [9.17, 15) is 0 Å². The Bertz CT molecular complexity index is 132. The lowest BCUT2D eigenvalue weighted by molar-refractivity contribution is 0.303. The van der Waals surface area contributed by atoms with Crippen molar-refractivity contribution in [3.05, 3.63) is 0 Å². The van der Waals surface area contributed by atoms with Crippen molar-refractivity contribution in [2.75, 3.05) is 19.6 Å². The van der Waals surface area contributed by atoms with Gasteiger partial charge in [-0.05, 0) is 25.4 Å². The van der Waals surface area contributed by atoms with Crippen LogP contribution in [0.15, 0.2) is 4.99 Å². The molecule has 0 bridgehead atoms. The molecule has 2 N–H and O–H groups in total. The summed E-state index contributed by atoms with van der Waals surface area (Å²) in [4.78, 5) is 4.12. The Morgan fingerprint density at radius 1 is 1.50 bits per heavy atom. The maximum Gasteiger partial charge on any atom is 0.0827 e. The van der Waals surface area contributed by atoms with E-state index in [1.165, 1.54) is 19.5 Å². The molecule has 0 aromatic rings. The van der Waals surface area contributed by atoms with E-state index >= 15 is 0 Å². The van der Waals surface area contributed by atoms with Crippen LogP contribution in [0, 0.1) is 5.92 Å². The number of aliphatic imine (C=N–C) groups is 1. The third-order valence-electron chi connectivity index (χ3n) is 2.21. The molecule has 2 aliphatic rings. The van der Waals surface area contributed by atoms with Gasteiger partial charge in [-0.2, -0.15) is 0 Å². The smallest absolute Gasteiger partial charge is 0.0827 e. The molecule has 1 fully saturated rings. The fraction of sp³-hybridized carbons (Fsp3) is 0.857. The van der Waals surface area contributed by atoms with Crippen LogP contribution in [-0.2, 0) is 0 Å². The van der Waals surface area contributed by atoms with Crippen molar-refractivity contribution in [1.29, 1.82) is 0 Å². The summed E-state index contributed by atoms with van der Waals surface area (Å²) >= 11 is 0. The van der Waals surface area contributed by atoms with Gasteiger partial charge in [-0.15, -0.1) is 0 Å². The second kappa shape index (κ2) is 2.58. The van der Waals surface area contributed by atoms with E-state index in [4.69, 9.17) is 0 Å². The molecule has 1 atom stereocenters. The molecule has 0 saturated carbocycles. The lowest BCUT2D eigenvalue weighted by atomic mass is 9.95. The van der Waals surface area contributed by atoms with Crippen LogP contribution in [0.1, 0.15) is 6.42 Å². The first-order valence-electron chi connectivity index (χ1n) is 3.90. The molecule has 0 spiro atoms. The van der Waals surface area contributed by atoms with Crippen molar-refractivity contribution >= 4 is 6.34 Å². The Kier molecular flexibility index (Phi) is 1.59. The SMILES string of the molecule is C1=NCC(CC2CNC2)N1. The van der Waals surface area contributed by atoms with E-state index in [2.05, 4.69) is 15.6 Å². The highest BCUT2D eigenvalue weighted by molar-refractivity contribution is 5.57. The van der Waals surface area contributed by atoms with Gasteiger partial charge in [0.15, 0.2) is 0 Å². The third kappa shape index (κ3) is 1.14. The van der Waals surface area contributed by atoms with Crippen LogP contribution in [0.5, 0.6) is 0 Å². The molecular weight excluding hydrogens is 126 g/mol. The summed E-state index contributed by atoms with van der Waals surface area (Å²) in [5.41, 5.74) is 0. The van der Waals surface area contributed by atoms with Gasteiger partial charge < -0.3 is 10.6 Å². The van der Waals surface area contributed by atoms with Crippen molar-refractivity contribution < 1.29 is 0 Å². The van der Waals surface area contributed by atoms with Gasteiger partial charge in [0.2, 0.25) is 0 Å². The molecule has 0 aromatic carbocycles. The zero-order valence-corrected chi connectivity index (χ0v) is 6.01. The molecule has 2 rings (SSSR count). The highest BCUT2D eigenvalue weighted by Crippen LogP contribution is 2.12. The Labute approximate surface area is 60.9 Å². The zero-order chi connectivity index (χ0) is 6.81. The van der Waals surface area contributed by atoms with Crippen LogP contribution >= 0.6 is 0 Å². The lowest BCUT2D eigenvalue weighted by Gasteiger charge is -2.29. The van der Waals surface area contributed by atoms with Crippen LogP contribution in [0.3, 0.4) is 0 Å². The third-order valence-corrected chi connectivity index (χ3v) is 2.21.